The van der Waals surface area contributed by atoms with E-state index < -0.39 is 0 Å². The Balaban J connectivity index is 1.15. The molecule has 0 atom stereocenters. The van der Waals surface area contributed by atoms with Crippen LogP contribution in [0.25, 0.3) is 87.9 Å². The van der Waals surface area contributed by atoms with Crippen molar-refractivity contribution in [3.63, 3.8) is 0 Å². The van der Waals surface area contributed by atoms with E-state index in [1.807, 2.05) is 0 Å². The predicted octanol–water partition coefficient (Wildman–Crippen LogP) is 12.4. The van der Waals surface area contributed by atoms with Crippen LogP contribution in [0.5, 0.6) is 0 Å². The molecule has 2 aromatic heterocycles. The van der Waals surface area contributed by atoms with Gasteiger partial charge in [-0.3, -0.25) is 0 Å². The molecule has 224 valence electrons. The Labute approximate surface area is 278 Å². The van der Waals surface area contributed by atoms with Crippen molar-refractivity contribution in [2.24, 2.45) is 0 Å². The van der Waals surface area contributed by atoms with Crippen LogP contribution in [0.1, 0.15) is 0 Å². The van der Waals surface area contributed by atoms with Crippen LogP contribution in [0.4, 0.5) is 0 Å². The SMILES string of the molecule is c1ccc(-c2ccc(-n3ccc4cc(-c5ccc6c(c5)c5c7ccccc7c7ccccc7c5n6-c5ccccc5)ccc43)cc2)cc1. The summed E-state index contributed by atoms with van der Waals surface area (Å²) in [5, 5.41) is 8.92. The molecule has 0 saturated heterocycles. The van der Waals surface area contributed by atoms with Crippen LogP contribution >= 0.6 is 0 Å². The predicted molar refractivity (Wildman–Crippen MR) is 203 cm³/mol. The van der Waals surface area contributed by atoms with Gasteiger partial charge in [-0.25, -0.2) is 0 Å². The maximum Gasteiger partial charge on any atom is 0.0625 e. The second-order valence-corrected chi connectivity index (χ2v) is 12.6. The Morgan fingerprint density at radius 2 is 0.896 bits per heavy atom. The van der Waals surface area contributed by atoms with E-state index in [2.05, 4.69) is 191 Å². The monoisotopic (exact) mass is 610 g/mol. The van der Waals surface area contributed by atoms with Crippen molar-refractivity contribution in [3.05, 3.63) is 182 Å². The number of fused-ring (bicyclic) bond motifs is 9. The van der Waals surface area contributed by atoms with Gasteiger partial charge in [0.2, 0.25) is 0 Å². The number of para-hydroxylation sites is 1. The normalized spacial score (nSPS) is 11.8. The maximum absolute atomic E-state index is 2.45. The summed E-state index contributed by atoms with van der Waals surface area (Å²) < 4.78 is 4.73. The van der Waals surface area contributed by atoms with Gasteiger partial charge in [0.25, 0.3) is 0 Å². The zero-order chi connectivity index (χ0) is 31.6. The van der Waals surface area contributed by atoms with Gasteiger partial charge in [-0.1, -0.05) is 121 Å². The Morgan fingerprint density at radius 1 is 0.333 bits per heavy atom. The Hall–Kier alpha value is -6.38. The van der Waals surface area contributed by atoms with E-state index in [1.54, 1.807) is 0 Å². The summed E-state index contributed by atoms with van der Waals surface area (Å²) in [5.74, 6) is 0. The van der Waals surface area contributed by atoms with Gasteiger partial charge in [-0.2, -0.15) is 0 Å². The molecule has 8 aromatic carbocycles. The average Bonchev–Trinajstić information content (AvgIpc) is 3.75. The van der Waals surface area contributed by atoms with Gasteiger partial charge >= 0.3 is 0 Å². The lowest BCUT2D eigenvalue weighted by molar-refractivity contribution is 1.13. The lowest BCUT2D eigenvalue weighted by atomic mass is 9.95. The molecular weight excluding hydrogens is 581 g/mol. The second kappa shape index (κ2) is 10.6. The van der Waals surface area contributed by atoms with Gasteiger partial charge in [0.05, 0.1) is 16.6 Å². The van der Waals surface area contributed by atoms with Gasteiger partial charge in [0.1, 0.15) is 0 Å². The minimum Gasteiger partial charge on any atom is -0.317 e. The quantitative estimate of drug-likeness (QED) is 0.175. The first-order valence-electron chi connectivity index (χ1n) is 16.5. The lowest BCUT2D eigenvalue weighted by Crippen LogP contribution is -1.94. The molecule has 10 aromatic rings. The van der Waals surface area contributed by atoms with E-state index in [9.17, 15) is 0 Å². The number of nitrogens with zero attached hydrogens (tertiary/aromatic N) is 2. The number of benzene rings is 8. The zero-order valence-electron chi connectivity index (χ0n) is 26.2. The summed E-state index contributed by atoms with van der Waals surface area (Å²) in [4.78, 5) is 0. The highest BCUT2D eigenvalue weighted by Crippen LogP contribution is 2.43. The van der Waals surface area contributed by atoms with Crippen molar-refractivity contribution in [1.82, 2.24) is 9.13 Å². The average molecular weight is 611 g/mol. The molecule has 0 fully saturated rings. The molecular formula is C46H30N2. The fraction of sp³-hybridized carbons (Fsp3) is 0. The number of aromatic nitrogens is 2. The van der Waals surface area contributed by atoms with Gasteiger partial charge in [-0.15, -0.1) is 0 Å². The van der Waals surface area contributed by atoms with Crippen molar-refractivity contribution in [1.29, 1.82) is 0 Å². The zero-order valence-corrected chi connectivity index (χ0v) is 26.2. The van der Waals surface area contributed by atoms with Crippen molar-refractivity contribution in [3.8, 4) is 33.6 Å². The molecule has 2 heteroatoms. The second-order valence-electron chi connectivity index (χ2n) is 12.6. The van der Waals surface area contributed by atoms with E-state index in [0.717, 1.165) is 5.69 Å². The molecule has 0 aliphatic carbocycles. The molecule has 0 aliphatic heterocycles. The minimum atomic E-state index is 1.16. The van der Waals surface area contributed by atoms with Crippen LogP contribution in [0.2, 0.25) is 0 Å². The third kappa shape index (κ3) is 4.06. The fourth-order valence-corrected chi connectivity index (χ4v) is 7.70. The molecule has 2 heterocycles. The molecule has 0 amide bonds. The van der Waals surface area contributed by atoms with E-state index in [1.165, 1.54) is 82.2 Å². The van der Waals surface area contributed by atoms with Crippen molar-refractivity contribution >= 4 is 54.3 Å². The summed E-state index contributed by atoms with van der Waals surface area (Å²) in [6.07, 6.45) is 2.18. The molecule has 2 nitrogen and oxygen atoms in total. The van der Waals surface area contributed by atoms with Crippen molar-refractivity contribution in [2.45, 2.75) is 0 Å². The van der Waals surface area contributed by atoms with E-state index in [-0.39, 0.29) is 0 Å². The van der Waals surface area contributed by atoms with Crippen LogP contribution in [-0.2, 0) is 0 Å². The first-order chi connectivity index (χ1) is 23.8. The summed E-state index contributed by atoms with van der Waals surface area (Å²) in [6, 6.07) is 63.9. The number of hydrogen-bond acceptors (Lipinski definition) is 0. The van der Waals surface area contributed by atoms with Gasteiger partial charge < -0.3 is 9.13 Å². The molecule has 0 aliphatic rings. The third-order valence-corrected chi connectivity index (χ3v) is 9.93. The first-order valence-corrected chi connectivity index (χ1v) is 16.5. The van der Waals surface area contributed by atoms with Crippen molar-refractivity contribution in [2.75, 3.05) is 0 Å². The minimum absolute atomic E-state index is 1.16. The lowest BCUT2D eigenvalue weighted by Gasteiger charge is -2.12. The van der Waals surface area contributed by atoms with Gasteiger partial charge in [0.15, 0.2) is 0 Å². The van der Waals surface area contributed by atoms with Crippen molar-refractivity contribution < 1.29 is 0 Å². The van der Waals surface area contributed by atoms with E-state index in [4.69, 9.17) is 0 Å². The van der Waals surface area contributed by atoms with Crippen LogP contribution < -0.4 is 0 Å². The molecule has 0 bridgehead atoms. The number of hydrogen-bond donors (Lipinski definition) is 0. The van der Waals surface area contributed by atoms with Crippen LogP contribution in [0.15, 0.2) is 182 Å². The topological polar surface area (TPSA) is 9.86 Å². The summed E-state index contributed by atoms with van der Waals surface area (Å²) in [5.41, 5.74) is 10.9. The summed E-state index contributed by atoms with van der Waals surface area (Å²) in [6.45, 7) is 0. The van der Waals surface area contributed by atoms with Crippen LogP contribution in [0, 0.1) is 0 Å². The number of rotatable bonds is 4. The molecule has 0 N–H and O–H groups in total. The smallest absolute Gasteiger partial charge is 0.0625 e. The largest absolute Gasteiger partial charge is 0.317 e. The Bertz CT molecular complexity index is 2800. The molecule has 0 unspecified atom stereocenters. The Kier molecular flexibility index (Phi) is 5.91. The Morgan fingerprint density at radius 3 is 1.65 bits per heavy atom. The highest BCUT2D eigenvalue weighted by molar-refractivity contribution is 6.32. The molecule has 0 saturated carbocycles. The molecule has 0 radical (unpaired) electrons. The highest BCUT2D eigenvalue weighted by Gasteiger charge is 2.19. The first kappa shape index (κ1) is 26.8. The van der Waals surface area contributed by atoms with Crippen LogP contribution in [-0.4, -0.2) is 9.13 Å². The van der Waals surface area contributed by atoms with Crippen LogP contribution in [0.3, 0.4) is 0 Å². The summed E-state index contributed by atoms with van der Waals surface area (Å²) >= 11 is 0. The summed E-state index contributed by atoms with van der Waals surface area (Å²) in [7, 11) is 0. The van der Waals surface area contributed by atoms with E-state index >= 15 is 0 Å². The molecule has 48 heavy (non-hydrogen) atoms. The highest BCUT2D eigenvalue weighted by atomic mass is 15.0. The maximum atomic E-state index is 2.45. The standard InChI is InChI=1S/C46H30N2/c1-3-11-31(12-4-1)32-19-23-36(24-20-32)47-28-27-35-29-33(21-25-43(35)47)34-22-26-44-42(30-34)45-40-17-9-7-15-38(40)39-16-8-10-18-41(39)46(45)48(44)37-13-5-2-6-14-37/h1-30H. The van der Waals surface area contributed by atoms with E-state index in [0.29, 0.717) is 0 Å². The van der Waals surface area contributed by atoms with Gasteiger partial charge in [0, 0.05) is 39.1 Å². The fourth-order valence-electron chi connectivity index (χ4n) is 7.70. The molecule has 0 spiro atoms. The van der Waals surface area contributed by atoms with Gasteiger partial charge in [-0.05, 0) is 93.0 Å². The third-order valence-electron chi connectivity index (χ3n) is 9.93. The molecule has 10 rings (SSSR count).